The zero-order chi connectivity index (χ0) is 23.9. The van der Waals surface area contributed by atoms with E-state index in [1.807, 2.05) is 6.07 Å². The molecule has 0 atom stereocenters. The first-order valence-corrected chi connectivity index (χ1v) is 12.9. The lowest BCUT2D eigenvalue weighted by molar-refractivity contribution is -0.137. The number of anilines is 1. The SMILES string of the molecule is Cn1nc(N2CCC(C(=O)N3CCN(S(=O)(=O)c4ccc5cc[nH]c5c4)CC3)CC2)ccc1=O. The number of aryl methyl sites for hydroxylation is 1. The van der Waals surface area contributed by atoms with Crippen LogP contribution < -0.4 is 10.5 Å². The van der Waals surface area contributed by atoms with Gasteiger partial charge in [0.2, 0.25) is 15.9 Å². The van der Waals surface area contributed by atoms with E-state index in [4.69, 9.17) is 0 Å². The van der Waals surface area contributed by atoms with Crippen LogP contribution in [0.5, 0.6) is 0 Å². The van der Waals surface area contributed by atoms with Crippen LogP contribution in [0.2, 0.25) is 0 Å². The van der Waals surface area contributed by atoms with Gasteiger partial charge in [-0.2, -0.15) is 9.40 Å². The molecule has 0 aliphatic carbocycles. The van der Waals surface area contributed by atoms with E-state index in [9.17, 15) is 18.0 Å². The summed E-state index contributed by atoms with van der Waals surface area (Å²) in [6.07, 6.45) is 3.20. The molecule has 10 nitrogen and oxygen atoms in total. The number of aromatic nitrogens is 3. The fourth-order valence-electron chi connectivity index (χ4n) is 4.76. The Hall–Kier alpha value is -3.18. The van der Waals surface area contributed by atoms with Crippen molar-refractivity contribution in [1.29, 1.82) is 0 Å². The van der Waals surface area contributed by atoms with Crippen LogP contribution in [0.1, 0.15) is 12.8 Å². The summed E-state index contributed by atoms with van der Waals surface area (Å²) in [5.74, 6) is 0.754. The highest BCUT2D eigenvalue weighted by atomic mass is 32.2. The molecular formula is C23H28N6O4S. The molecule has 2 aliphatic heterocycles. The van der Waals surface area contributed by atoms with Crippen LogP contribution in [-0.2, 0) is 21.9 Å². The van der Waals surface area contributed by atoms with Gasteiger partial charge in [-0.15, -0.1) is 0 Å². The number of benzene rings is 1. The fraction of sp³-hybridized carbons (Fsp3) is 0.435. The van der Waals surface area contributed by atoms with Crippen molar-refractivity contribution in [3.05, 3.63) is 52.9 Å². The average Bonchev–Trinajstić information content (AvgIpc) is 3.34. The van der Waals surface area contributed by atoms with E-state index in [-0.39, 0.29) is 35.4 Å². The van der Waals surface area contributed by atoms with Crippen molar-refractivity contribution >= 4 is 32.7 Å². The van der Waals surface area contributed by atoms with E-state index in [0.29, 0.717) is 39.0 Å². The van der Waals surface area contributed by atoms with Gasteiger partial charge in [0.25, 0.3) is 5.56 Å². The Morgan fingerprint density at radius 3 is 2.44 bits per heavy atom. The molecule has 11 heteroatoms. The van der Waals surface area contributed by atoms with Crippen LogP contribution in [0.25, 0.3) is 10.9 Å². The van der Waals surface area contributed by atoms with Crippen molar-refractivity contribution in [2.24, 2.45) is 13.0 Å². The molecule has 0 unspecified atom stereocenters. The number of carbonyl (C=O) groups excluding carboxylic acids is 1. The summed E-state index contributed by atoms with van der Waals surface area (Å²) in [5, 5.41) is 5.26. The lowest BCUT2D eigenvalue weighted by Crippen LogP contribution is -2.52. The third-order valence-electron chi connectivity index (χ3n) is 6.83. The van der Waals surface area contributed by atoms with E-state index < -0.39 is 10.0 Å². The summed E-state index contributed by atoms with van der Waals surface area (Å²) < 4.78 is 29.0. The average molecular weight is 485 g/mol. The monoisotopic (exact) mass is 484 g/mol. The Labute approximate surface area is 197 Å². The molecule has 3 aromatic rings. The predicted molar refractivity (Wildman–Crippen MR) is 128 cm³/mol. The van der Waals surface area contributed by atoms with Crippen LogP contribution >= 0.6 is 0 Å². The Morgan fingerprint density at radius 1 is 1.00 bits per heavy atom. The van der Waals surface area contributed by atoms with Crippen molar-refractivity contribution in [3.8, 4) is 0 Å². The first-order chi connectivity index (χ1) is 16.3. The number of fused-ring (bicyclic) bond motifs is 1. The number of nitrogens with zero attached hydrogens (tertiary/aromatic N) is 5. The number of carbonyl (C=O) groups is 1. The van der Waals surface area contributed by atoms with E-state index in [1.165, 1.54) is 15.1 Å². The van der Waals surface area contributed by atoms with Gasteiger partial charge in [0.05, 0.1) is 4.90 Å². The summed E-state index contributed by atoms with van der Waals surface area (Å²) in [4.78, 5) is 31.9. The van der Waals surface area contributed by atoms with Crippen LogP contribution in [0, 0.1) is 5.92 Å². The van der Waals surface area contributed by atoms with Crippen molar-refractivity contribution in [3.63, 3.8) is 0 Å². The third-order valence-corrected chi connectivity index (χ3v) is 8.72. The number of sulfonamides is 1. The summed E-state index contributed by atoms with van der Waals surface area (Å²) in [5.41, 5.74) is 0.633. The number of piperidine rings is 1. The lowest BCUT2D eigenvalue weighted by atomic mass is 9.95. The number of amides is 1. The highest BCUT2D eigenvalue weighted by Gasteiger charge is 2.34. The van der Waals surface area contributed by atoms with Gasteiger partial charge in [0, 0.05) is 70.0 Å². The Balaban J connectivity index is 1.17. The molecule has 0 saturated carbocycles. The molecule has 4 heterocycles. The minimum atomic E-state index is -3.61. The predicted octanol–water partition coefficient (Wildman–Crippen LogP) is 1.01. The first kappa shape index (κ1) is 22.6. The van der Waals surface area contributed by atoms with E-state index in [1.54, 1.807) is 42.4 Å². The summed E-state index contributed by atoms with van der Waals surface area (Å²) in [6, 6.07) is 10.2. The standard InChI is InChI=1S/C23H28N6O4S/c1-26-22(30)5-4-21(25-26)27-10-7-18(8-11-27)23(31)28-12-14-29(15-13-28)34(32,33)19-3-2-17-6-9-24-20(17)16-19/h2-6,9,16,18,24H,7-8,10-15H2,1H3. The molecule has 2 aromatic heterocycles. The first-order valence-electron chi connectivity index (χ1n) is 11.5. The lowest BCUT2D eigenvalue weighted by Gasteiger charge is -2.38. The number of hydrogen-bond donors (Lipinski definition) is 1. The smallest absolute Gasteiger partial charge is 0.266 e. The van der Waals surface area contributed by atoms with Crippen molar-refractivity contribution < 1.29 is 13.2 Å². The molecular weight excluding hydrogens is 456 g/mol. The van der Waals surface area contributed by atoms with Gasteiger partial charge in [-0.05, 0) is 42.5 Å². The molecule has 1 aromatic carbocycles. The number of piperazine rings is 1. The van der Waals surface area contributed by atoms with Gasteiger partial charge >= 0.3 is 0 Å². The van der Waals surface area contributed by atoms with Crippen LogP contribution in [0.15, 0.2) is 52.3 Å². The molecule has 2 fully saturated rings. The molecule has 0 radical (unpaired) electrons. The maximum atomic E-state index is 13.1. The second kappa shape index (κ2) is 8.88. The van der Waals surface area contributed by atoms with Crippen molar-refractivity contribution in [1.82, 2.24) is 24.0 Å². The molecule has 5 rings (SSSR count). The molecule has 0 bridgehead atoms. The zero-order valence-electron chi connectivity index (χ0n) is 19.1. The summed E-state index contributed by atoms with van der Waals surface area (Å²) >= 11 is 0. The van der Waals surface area contributed by atoms with Crippen molar-refractivity contribution in [2.45, 2.75) is 17.7 Å². The van der Waals surface area contributed by atoms with Gasteiger partial charge in [-0.25, -0.2) is 13.1 Å². The molecule has 1 amide bonds. The van der Waals surface area contributed by atoms with Crippen LogP contribution in [0.4, 0.5) is 5.82 Å². The second-order valence-electron chi connectivity index (χ2n) is 8.87. The van der Waals surface area contributed by atoms with Crippen LogP contribution in [0.3, 0.4) is 0 Å². The van der Waals surface area contributed by atoms with Gasteiger partial charge in [0.15, 0.2) is 0 Å². The number of aromatic amines is 1. The van der Waals surface area contributed by atoms with Gasteiger partial charge in [0.1, 0.15) is 5.82 Å². The molecule has 0 spiro atoms. The van der Waals surface area contributed by atoms with Gasteiger partial charge in [-0.3, -0.25) is 9.59 Å². The minimum Gasteiger partial charge on any atom is -0.361 e. The van der Waals surface area contributed by atoms with E-state index in [2.05, 4.69) is 15.0 Å². The third kappa shape index (κ3) is 4.21. The zero-order valence-corrected chi connectivity index (χ0v) is 19.9. The minimum absolute atomic E-state index is 0.0813. The number of H-pyrrole nitrogens is 1. The molecule has 34 heavy (non-hydrogen) atoms. The van der Waals surface area contributed by atoms with E-state index >= 15 is 0 Å². The Kier molecular flexibility index (Phi) is 5.90. The quantitative estimate of drug-likeness (QED) is 0.592. The fourth-order valence-corrected chi connectivity index (χ4v) is 6.21. The van der Waals surface area contributed by atoms with Crippen molar-refractivity contribution in [2.75, 3.05) is 44.2 Å². The largest absolute Gasteiger partial charge is 0.361 e. The highest BCUT2D eigenvalue weighted by Crippen LogP contribution is 2.25. The van der Waals surface area contributed by atoms with Gasteiger partial charge < -0.3 is 14.8 Å². The number of nitrogens with one attached hydrogen (secondary N) is 1. The number of hydrogen-bond acceptors (Lipinski definition) is 6. The summed E-state index contributed by atoms with van der Waals surface area (Å²) in [6.45, 7) is 2.75. The maximum absolute atomic E-state index is 13.1. The number of rotatable bonds is 4. The molecule has 180 valence electrons. The topological polar surface area (TPSA) is 112 Å². The maximum Gasteiger partial charge on any atom is 0.266 e. The Bertz CT molecular complexity index is 1370. The molecule has 1 N–H and O–H groups in total. The molecule has 2 aliphatic rings. The summed E-state index contributed by atoms with van der Waals surface area (Å²) in [7, 11) is -1.99. The highest BCUT2D eigenvalue weighted by molar-refractivity contribution is 7.89. The normalized spacial score (nSPS) is 18.5. The van der Waals surface area contributed by atoms with E-state index in [0.717, 1.165) is 16.7 Å². The van der Waals surface area contributed by atoms with Gasteiger partial charge in [-0.1, -0.05) is 6.07 Å². The second-order valence-corrected chi connectivity index (χ2v) is 10.8. The molecule has 2 saturated heterocycles. The Morgan fingerprint density at radius 2 is 1.74 bits per heavy atom. The van der Waals surface area contributed by atoms with Crippen LogP contribution in [-0.4, -0.2) is 77.6 Å².